The van der Waals surface area contributed by atoms with Gasteiger partial charge in [0.2, 0.25) is 5.91 Å². The Morgan fingerprint density at radius 1 is 1.17 bits per heavy atom. The van der Waals surface area contributed by atoms with Crippen molar-refractivity contribution in [1.29, 1.82) is 0 Å². The van der Waals surface area contributed by atoms with Crippen LogP contribution in [-0.4, -0.2) is 41.4 Å². The minimum absolute atomic E-state index is 0.395. The Morgan fingerprint density at radius 2 is 2.08 bits per heavy atom. The molecule has 3 atom stereocenters. The van der Waals surface area contributed by atoms with Gasteiger partial charge in [0, 0.05) is 37.5 Å². The summed E-state index contributed by atoms with van der Waals surface area (Å²) in [4.78, 5) is 17.0. The van der Waals surface area contributed by atoms with Crippen LogP contribution >= 0.6 is 0 Å². The molecule has 5 rings (SSSR count). The Morgan fingerprint density at radius 3 is 3.00 bits per heavy atom. The van der Waals surface area contributed by atoms with Gasteiger partial charge in [-0.15, -0.1) is 0 Å². The fourth-order valence-electron chi connectivity index (χ4n) is 5.18. The third-order valence-electron chi connectivity index (χ3n) is 6.11. The summed E-state index contributed by atoms with van der Waals surface area (Å²) >= 11 is 0. The summed E-state index contributed by atoms with van der Waals surface area (Å²) in [6.07, 6.45) is 4.33. The van der Waals surface area contributed by atoms with Crippen molar-refractivity contribution < 1.29 is 9.21 Å². The first-order valence-electron chi connectivity index (χ1n) is 9.25. The summed E-state index contributed by atoms with van der Waals surface area (Å²) in [5, 5.41) is 1.19. The summed E-state index contributed by atoms with van der Waals surface area (Å²) < 4.78 is 6.01. The third-order valence-corrected chi connectivity index (χ3v) is 6.11. The number of benzene rings is 1. The largest absolute Gasteiger partial charge is 0.460 e. The molecule has 3 saturated heterocycles. The molecule has 1 aromatic carbocycles. The van der Waals surface area contributed by atoms with E-state index in [1.807, 2.05) is 12.1 Å². The molecule has 3 fully saturated rings. The molecule has 0 aliphatic carbocycles. The molecule has 3 aliphatic heterocycles. The van der Waals surface area contributed by atoms with Gasteiger partial charge in [-0.1, -0.05) is 18.2 Å². The van der Waals surface area contributed by atoms with Gasteiger partial charge in [-0.05, 0) is 43.2 Å². The number of amides is 1. The Bertz CT molecular complexity index is 735. The molecule has 1 amide bonds. The number of rotatable bonds is 2. The predicted molar refractivity (Wildman–Crippen MR) is 92.4 cm³/mol. The second kappa shape index (κ2) is 5.62. The Labute approximate surface area is 142 Å². The lowest BCUT2D eigenvalue weighted by molar-refractivity contribution is -0.145. The number of carbonyl (C=O) groups is 1. The average molecular weight is 324 g/mol. The van der Waals surface area contributed by atoms with Crippen LogP contribution in [0.25, 0.3) is 11.0 Å². The number of hydrogen-bond donors (Lipinski definition) is 0. The molecule has 0 saturated carbocycles. The first kappa shape index (κ1) is 14.5. The quantitative estimate of drug-likeness (QED) is 0.851. The van der Waals surface area contributed by atoms with Gasteiger partial charge in [0.05, 0.1) is 6.54 Å². The van der Waals surface area contributed by atoms with Crippen LogP contribution < -0.4 is 0 Å². The van der Waals surface area contributed by atoms with E-state index in [1.165, 1.54) is 18.2 Å². The normalized spacial score (nSPS) is 30.6. The van der Waals surface area contributed by atoms with Gasteiger partial charge < -0.3 is 9.32 Å². The number of fused-ring (bicyclic) bond motifs is 5. The summed E-state index contributed by atoms with van der Waals surface area (Å²) in [6, 6.07) is 10.9. The van der Waals surface area contributed by atoms with Crippen molar-refractivity contribution in [2.75, 3.05) is 19.6 Å². The van der Waals surface area contributed by atoms with Crippen molar-refractivity contribution in [2.24, 2.45) is 11.8 Å². The minimum atomic E-state index is 0.395. The van der Waals surface area contributed by atoms with Crippen LogP contribution in [0.15, 0.2) is 34.7 Å². The fourth-order valence-corrected chi connectivity index (χ4v) is 5.18. The van der Waals surface area contributed by atoms with Crippen LogP contribution in [-0.2, 0) is 11.3 Å². The number of furan rings is 1. The zero-order chi connectivity index (χ0) is 16.1. The highest BCUT2D eigenvalue weighted by atomic mass is 16.3. The summed E-state index contributed by atoms with van der Waals surface area (Å²) in [6.45, 7) is 4.05. The minimum Gasteiger partial charge on any atom is -0.460 e. The molecule has 24 heavy (non-hydrogen) atoms. The van der Waals surface area contributed by atoms with Gasteiger partial charge in [-0.25, -0.2) is 0 Å². The van der Waals surface area contributed by atoms with Crippen LogP contribution in [0.1, 0.15) is 31.4 Å². The van der Waals surface area contributed by atoms with Crippen molar-refractivity contribution in [2.45, 2.75) is 38.3 Å². The number of para-hydroxylation sites is 1. The second-order valence-electron chi connectivity index (χ2n) is 7.81. The van der Waals surface area contributed by atoms with E-state index in [0.717, 1.165) is 50.4 Å². The number of piperidine rings is 3. The first-order valence-corrected chi connectivity index (χ1v) is 9.25. The monoisotopic (exact) mass is 324 g/mol. The van der Waals surface area contributed by atoms with Crippen LogP contribution in [0.2, 0.25) is 0 Å². The zero-order valence-electron chi connectivity index (χ0n) is 14.0. The maximum Gasteiger partial charge on any atom is 0.222 e. The molecular weight excluding hydrogens is 300 g/mol. The van der Waals surface area contributed by atoms with E-state index in [-0.39, 0.29) is 0 Å². The van der Waals surface area contributed by atoms with E-state index in [0.29, 0.717) is 23.8 Å². The van der Waals surface area contributed by atoms with E-state index in [1.54, 1.807) is 0 Å². The molecule has 0 spiro atoms. The molecule has 3 aliphatic rings. The van der Waals surface area contributed by atoms with Gasteiger partial charge in [0.15, 0.2) is 0 Å². The molecule has 126 valence electrons. The SMILES string of the molecule is O=C1CCC[C@H]2[C@@H]3C[C@H](CN(Cc4cc5ccccc5o4)C3)CN12. The molecule has 4 heteroatoms. The predicted octanol–water partition coefficient (Wildman–Crippen LogP) is 3.27. The molecular formula is C20H24N2O2. The number of nitrogens with zero attached hydrogens (tertiary/aromatic N) is 2. The van der Waals surface area contributed by atoms with Crippen molar-refractivity contribution in [3.8, 4) is 0 Å². The summed E-state index contributed by atoms with van der Waals surface area (Å²) in [5.74, 6) is 2.73. The van der Waals surface area contributed by atoms with Crippen molar-refractivity contribution in [3.05, 3.63) is 36.1 Å². The van der Waals surface area contributed by atoms with Crippen molar-refractivity contribution >= 4 is 16.9 Å². The van der Waals surface area contributed by atoms with Gasteiger partial charge >= 0.3 is 0 Å². The molecule has 0 N–H and O–H groups in total. The first-order chi connectivity index (χ1) is 11.8. The van der Waals surface area contributed by atoms with Crippen LogP contribution in [0.4, 0.5) is 0 Å². The standard InChI is InChI=1S/C20H24N2O2/c23-20-7-3-5-18-16-8-14(11-22(18)20)10-21(12-16)13-17-9-15-4-1-2-6-19(15)24-17/h1-2,4,6,9,14,16,18H,3,5,7-8,10-13H2/t14-,16-,18+/m1/s1. The smallest absolute Gasteiger partial charge is 0.222 e. The van der Waals surface area contributed by atoms with Gasteiger partial charge in [0.1, 0.15) is 11.3 Å². The highest BCUT2D eigenvalue weighted by Crippen LogP contribution is 2.38. The van der Waals surface area contributed by atoms with E-state index in [2.05, 4.69) is 28.0 Å². The summed E-state index contributed by atoms with van der Waals surface area (Å²) in [7, 11) is 0. The number of likely N-dealkylation sites (tertiary alicyclic amines) is 1. The van der Waals surface area contributed by atoms with Crippen LogP contribution in [0.3, 0.4) is 0 Å². The van der Waals surface area contributed by atoms with Crippen molar-refractivity contribution in [3.63, 3.8) is 0 Å². The van der Waals surface area contributed by atoms with E-state index in [9.17, 15) is 4.79 Å². The number of hydrogen-bond acceptors (Lipinski definition) is 3. The zero-order valence-corrected chi connectivity index (χ0v) is 14.0. The molecule has 2 aromatic rings. The maximum atomic E-state index is 12.2. The highest BCUT2D eigenvalue weighted by molar-refractivity contribution is 5.78. The molecule has 0 unspecified atom stereocenters. The molecule has 2 bridgehead atoms. The van der Waals surface area contributed by atoms with E-state index in [4.69, 9.17) is 4.42 Å². The van der Waals surface area contributed by atoms with Crippen molar-refractivity contribution in [1.82, 2.24) is 9.80 Å². The maximum absolute atomic E-state index is 12.2. The Kier molecular flexibility index (Phi) is 3.40. The van der Waals surface area contributed by atoms with Gasteiger partial charge in [-0.2, -0.15) is 0 Å². The molecule has 0 radical (unpaired) electrons. The van der Waals surface area contributed by atoms with Gasteiger partial charge in [-0.3, -0.25) is 9.69 Å². The number of carbonyl (C=O) groups excluding carboxylic acids is 1. The Hall–Kier alpha value is -1.81. The Balaban J connectivity index is 1.33. The highest BCUT2D eigenvalue weighted by Gasteiger charge is 2.43. The lowest BCUT2D eigenvalue weighted by Gasteiger charge is -2.52. The topological polar surface area (TPSA) is 36.7 Å². The van der Waals surface area contributed by atoms with E-state index >= 15 is 0 Å². The second-order valence-corrected chi connectivity index (χ2v) is 7.81. The molecule has 1 aromatic heterocycles. The lowest BCUT2D eigenvalue weighted by Crippen LogP contribution is -2.60. The van der Waals surface area contributed by atoms with Crippen LogP contribution in [0.5, 0.6) is 0 Å². The van der Waals surface area contributed by atoms with Crippen LogP contribution in [0, 0.1) is 11.8 Å². The van der Waals surface area contributed by atoms with E-state index < -0.39 is 0 Å². The lowest BCUT2D eigenvalue weighted by atomic mass is 9.76. The average Bonchev–Trinajstić information content (AvgIpc) is 2.98. The molecule has 4 nitrogen and oxygen atoms in total. The fraction of sp³-hybridized carbons (Fsp3) is 0.550. The molecule has 4 heterocycles. The third kappa shape index (κ3) is 2.44. The van der Waals surface area contributed by atoms with Gasteiger partial charge in [0.25, 0.3) is 0 Å². The summed E-state index contributed by atoms with van der Waals surface area (Å²) in [5.41, 5.74) is 0.980.